The zero-order valence-electron chi connectivity index (χ0n) is 11.3. The number of ether oxygens (including phenoxy) is 3. The highest BCUT2D eigenvalue weighted by Crippen LogP contribution is 2.12. The van der Waals surface area contributed by atoms with E-state index in [1.807, 2.05) is 54.6 Å². The van der Waals surface area contributed by atoms with Gasteiger partial charge in [-0.1, -0.05) is 18.2 Å². The lowest BCUT2D eigenvalue weighted by molar-refractivity contribution is 0.0764. The summed E-state index contributed by atoms with van der Waals surface area (Å²) in [4.78, 5) is 0. The molecular weight excluding hydrogens is 254 g/mol. The van der Waals surface area contributed by atoms with Crippen molar-refractivity contribution in [3.05, 3.63) is 54.6 Å². The molecule has 0 aliphatic heterocycles. The molecular formula is C16H19NO3. The first-order chi connectivity index (χ1) is 9.84. The first kappa shape index (κ1) is 14.2. The maximum atomic E-state index is 5.59. The van der Waals surface area contributed by atoms with Crippen LogP contribution in [0, 0.1) is 0 Å². The van der Waals surface area contributed by atoms with Crippen molar-refractivity contribution in [1.82, 2.24) is 0 Å². The van der Waals surface area contributed by atoms with E-state index in [1.165, 1.54) is 0 Å². The molecule has 0 aromatic heterocycles. The number of nitrogens with two attached hydrogens (primary N) is 1. The number of rotatable bonds is 8. The molecule has 2 aromatic carbocycles. The predicted molar refractivity (Wildman–Crippen MR) is 79.1 cm³/mol. The average molecular weight is 273 g/mol. The summed E-state index contributed by atoms with van der Waals surface area (Å²) in [5.41, 5.74) is 6.32. The van der Waals surface area contributed by atoms with E-state index in [1.54, 1.807) is 0 Å². The monoisotopic (exact) mass is 273 g/mol. The zero-order valence-corrected chi connectivity index (χ0v) is 11.3. The summed E-state index contributed by atoms with van der Waals surface area (Å²) >= 11 is 0. The lowest BCUT2D eigenvalue weighted by atomic mass is 10.3. The number of para-hydroxylation sites is 1. The Kier molecular flexibility index (Phi) is 5.73. The van der Waals surface area contributed by atoms with Gasteiger partial charge in [0.15, 0.2) is 0 Å². The summed E-state index contributed by atoms with van der Waals surface area (Å²) in [7, 11) is 0. The molecule has 4 heteroatoms. The Morgan fingerprint density at radius 3 is 1.80 bits per heavy atom. The highest BCUT2D eigenvalue weighted by atomic mass is 16.5. The minimum Gasteiger partial charge on any atom is -0.491 e. The molecule has 2 rings (SSSR count). The second kappa shape index (κ2) is 8.07. The van der Waals surface area contributed by atoms with Gasteiger partial charge in [-0.25, -0.2) is 0 Å². The Bertz CT molecular complexity index is 485. The fourth-order valence-corrected chi connectivity index (χ4v) is 1.62. The van der Waals surface area contributed by atoms with E-state index in [4.69, 9.17) is 19.9 Å². The van der Waals surface area contributed by atoms with Crippen molar-refractivity contribution >= 4 is 5.69 Å². The molecule has 0 saturated heterocycles. The lowest BCUT2D eigenvalue weighted by Crippen LogP contribution is -2.12. The van der Waals surface area contributed by atoms with Gasteiger partial charge in [0.1, 0.15) is 24.7 Å². The fraction of sp³-hybridized carbons (Fsp3) is 0.250. The fourth-order valence-electron chi connectivity index (χ4n) is 1.62. The summed E-state index contributed by atoms with van der Waals surface area (Å²) in [5.74, 6) is 1.65. The number of hydrogen-bond donors (Lipinski definition) is 1. The molecule has 0 atom stereocenters. The number of hydrogen-bond acceptors (Lipinski definition) is 4. The second-order valence-electron chi connectivity index (χ2n) is 4.19. The largest absolute Gasteiger partial charge is 0.491 e. The van der Waals surface area contributed by atoms with E-state index in [9.17, 15) is 0 Å². The Hall–Kier alpha value is -2.20. The average Bonchev–Trinajstić information content (AvgIpc) is 2.49. The van der Waals surface area contributed by atoms with Crippen LogP contribution in [0.5, 0.6) is 11.5 Å². The Morgan fingerprint density at radius 1 is 0.650 bits per heavy atom. The van der Waals surface area contributed by atoms with Crippen LogP contribution >= 0.6 is 0 Å². The van der Waals surface area contributed by atoms with Crippen LogP contribution < -0.4 is 15.2 Å². The zero-order chi connectivity index (χ0) is 14.0. The van der Waals surface area contributed by atoms with E-state index in [2.05, 4.69) is 0 Å². The topological polar surface area (TPSA) is 53.7 Å². The Labute approximate surface area is 119 Å². The van der Waals surface area contributed by atoms with Crippen LogP contribution in [0.2, 0.25) is 0 Å². The lowest BCUT2D eigenvalue weighted by Gasteiger charge is -2.08. The SMILES string of the molecule is Nc1ccc(OCCOCCOc2ccccc2)cc1. The van der Waals surface area contributed by atoms with Gasteiger partial charge in [-0.3, -0.25) is 0 Å². The van der Waals surface area contributed by atoms with E-state index < -0.39 is 0 Å². The van der Waals surface area contributed by atoms with E-state index >= 15 is 0 Å². The Balaban J connectivity index is 1.51. The normalized spacial score (nSPS) is 10.2. The number of nitrogen functional groups attached to an aromatic ring is 1. The van der Waals surface area contributed by atoms with Crippen LogP contribution in [0.15, 0.2) is 54.6 Å². The highest BCUT2D eigenvalue weighted by molar-refractivity contribution is 5.41. The number of benzene rings is 2. The van der Waals surface area contributed by atoms with Gasteiger partial charge >= 0.3 is 0 Å². The molecule has 0 aliphatic rings. The van der Waals surface area contributed by atoms with Gasteiger partial charge < -0.3 is 19.9 Å². The van der Waals surface area contributed by atoms with Gasteiger partial charge in [0.2, 0.25) is 0 Å². The van der Waals surface area contributed by atoms with Gasteiger partial charge in [-0.05, 0) is 36.4 Å². The summed E-state index contributed by atoms with van der Waals surface area (Å²) in [6.07, 6.45) is 0. The molecule has 0 fully saturated rings. The third-order valence-electron chi connectivity index (χ3n) is 2.62. The van der Waals surface area contributed by atoms with Gasteiger partial charge in [0.05, 0.1) is 13.2 Å². The number of anilines is 1. The molecule has 0 radical (unpaired) electrons. The molecule has 0 spiro atoms. The standard InChI is InChI=1S/C16H19NO3/c17-14-6-8-16(9-7-14)20-13-11-18-10-12-19-15-4-2-1-3-5-15/h1-9H,10-13,17H2. The van der Waals surface area contributed by atoms with Crippen molar-refractivity contribution in [1.29, 1.82) is 0 Å². The first-order valence-corrected chi connectivity index (χ1v) is 6.58. The maximum Gasteiger partial charge on any atom is 0.119 e. The molecule has 20 heavy (non-hydrogen) atoms. The van der Waals surface area contributed by atoms with Crippen LogP contribution in [-0.2, 0) is 4.74 Å². The quantitative estimate of drug-likeness (QED) is 0.593. The molecule has 0 amide bonds. The van der Waals surface area contributed by atoms with Crippen molar-refractivity contribution in [3.8, 4) is 11.5 Å². The Morgan fingerprint density at radius 2 is 1.20 bits per heavy atom. The van der Waals surface area contributed by atoms with Crippen molar-refractivity contribution in [2.75, 3.05) is 32.2 Å². The molecule has 0 bridgehead atoms. The van der Waals surface area contributed by atoms with E-state index in [-0.39, 0.29) is 0 Å². The van der Waals surface area contributed by atoms with Crippen LogP contribution in [0.4, 0.5) is 5.69 Å². The van der Waals surface area contributed by atoms with Crippen molar-refractivity contribution in [3.63, 3.8) is 0 Å². The summed E-state index contributed by atoms with van der Waals surface area (Å²) in [5, 5.41) is 0. The molecule has 4 nitrogen and oxygen atoms in total. The first-order valence-electron chi connectivity index (χ1n) is 6.58. The minimum absolute atomic E-state index is 0.509. The molecule has 106 valence electrons. The summed E-state index contributed by atoms with van der Waals surface area (Å²) < 4.78 is 16.4. The second-order valence-corrected chi connectivity index (χ2v) is 4.19. The molecule has 2 aromatic rings. The highest BCUT2D eigenvalue weighted by Gasteiger charge is 1.95. The molecule has 0 heterocycles. The van der Waals surface area contributed by atoms with Crippen molar-refractivity contribution < 1.29 is 14.2 Å². The van der Waals surface area contributed by atoms with Crippen molar-refractivity contribution in [2.45, 2.75) is 0 Å². The van der Waals surface area contributed by atoms with Crippen LogP contribution in [0.3, 0.4) is 0 Å². The summed E-state index contributed by atoms with van der Waals surface area (Å²) in [6.45, 7) is 2.11. The molecule has 2 N–H and O–H groups in total. The predicted octanol–water partition coefficient (Wildman–Crippen LogP) is 2.74. The molecule has 0 aliphatic carbocycles. The van der Waals surface area contributed by atoms with Crippen LogP contribution in [0.25, 0.3) is 0 Å². The van der Waals surface area contributed by atoms with Crippen LogP contribution in [-0.4, -0.2) is 26.4 Å². The van der Waals surface area contributed by atoms with Gasteiger partial charge in [0, 0.05) is 5.69 Å². The van der Waals surface area contributed by atoms with Crippen LogP contribution in [0.1, 0.15) is 0 Å². The third kappa shape index (κ3) is 5.20. The third-order valence-corrected chi connectivity index (χ3v) is 2.62. The smallest absolute Gasteiger partial charge is 0.119 e. The minimum atomic E-state index is 0.509. The summed E-state index contributed by atoms with van der Waals surface area (Å²) in [6, 6.07) is 17.0. The molecule has 0 saturated carbocycles. The van der Waals surface area contributed by atoms with E-state index in [0.29, 0.717) is 26.4 Å². The van der Waals surface area contributed by atoms with Gasteiger partial charge in [-0.2, -0.15) is 0 Å². The van der Waals surface area contributed by atoms with Gasteiger partial charge in [0.25, 0.3) is 0 Å². The van der Waals surface area contributed by atoms with Crippen molar-refractivity contribution in [2.24, 2.45) is 0 Å². The van der Waals surface area contributed by atoms with Gasteiger partial charge in [-0.15, -0.1) is 0 Å². The molecule has 0 unspecified atom stereocenters. The maximum absolute atomic E-state index is 5.59. The van der Waals surface area contributed by atoms with E-state index in [0.717, 1.165) is 17.2 Å².